The van der Waals surface area contributed by atoms with Gasteiger partial charge in [-0.3, -0.25) is 4.98 Å². The first-order valence-electron chi connectivity index (χ1n) is 8.58. The number of rotatable bonds is 2. The van der Waals surface area contributed by atoms with Crippen LogP contribution in [0.1, 0.15) is 38.3 Å². The second-order valence-corrected chi connectivity index (χ2v) is 7.70. The first kappa shape index (κ1) is 17.2. The van der Waals surface area contributed by atoms with E-state index in [0.717, 1.165) is 12.0 Å². The molecule has 1 unspecified atom stereocenters. The molecule has 2 saturated heterocycles. The molecule has 3 rings (SSSR count). The van der Waals surface area contributed by atoms with E-state index >= 15 is 0 Å². The lowest BCUT2D eigenvalue weighted by molar-refractivity contribution is -0.0975. The average molecular weight is 333 g/mol. The SMILES string of the molecule is CC(C)(C)c1ccncc1CNC(=O)N1CCOC2(CCOC2)C1. The fourth-order valence-electron chi connectivity index (χ4n) is 3.43. The van der Waals surface area contributed by atoms with Crippen molar-refractivity contribution < 1.29 is 14.3 Å². The third-order valence-electron chi connectivity index (χ3n) is 4.74. The van der Waals surface area contributed by atoms with E-state index in [1.807, 2.05) is 17.2 Å². The van der Waals surface area contributed by atoms with Crippen LogP contribution in [0, 0.1) is 0 Å². The second kappa shape index (κ2) is 6.69. The van der Waals surface area contributed by atoms with Gasteiger partial charge in [0.25, 0.3) is 0 Å². The van der Waals surface area contributed by atoms with E-state index in [-0.39, 0.29) is 17.0 Å². The summed E-state index contributed by atoms with van der Waals surface area (Å²) >= 11 is 0. The quantitative estimate of drug-likeness (QED) is 0.900. The first-order chi connectivity index (χ1) is 11.4. The van der Waals surface area contributed by atoms with Crippen molar-refractivity contribution in [3.63, 3.8) is 0 Å². The Labute approximate surface area is 143 Å². The average Bonchev–Trinajstić information content (AvgIpc) is 2.99. The summed E-state index contributed by atoms with van der Waals surface area (Å²) in [5, 5.41) is 3.04. The number of morpholine rings is 1. The lowest BCUT2D eigenvalue weighted by atomic mass is 9.85. The van der Waals surface area contributed by atoms with Crippen molar-refractivity contribution in [1.82, 2.24) is 15.2 Å². The molecular formula is C18H27N3O3. The molecule has 3 heterocycles. The van der Waals surface area contributed by atoms with Crippen LogP contribution >= 0.6 is 0 Å². The van der Waals surface area contributed by atoms with Gasteiger partial charge in [0, 0.05) is 38.5 Å². The Hall–Kier alpha value is -1.66. The molecule has 1 aromatic heterocycles. The summed E-state index contributed by atoms with van der Waals surface area (Å²) in [5.41, 5.74) is 1.99. The van der Waals surface area contributed by atoms with E-state index in [4.69, 9.17) is 9.47 Å². The van der Waals surface area contributed by atoms with Crippen molar-refractivity contribution >= 4 is 6.03 Å². The van der Waals surface area contributed by atoms with Crippen LogP contribution in [0.15, 0.2) is 18.5 Å². The predicted molar refractivity (Wildman–Crippen MR) is 90.9 cm³/mol. The predicted octanol–water partition coefficient (Wildman–Crippen LogP) is 2.08. The van der Waals surface area contributed by atoms with Gasteiger partial charge in [0.15, 0.2) is 0 Å². The largest absolute Gasteiger partial charge is 0.378 e. The zero-order chi connectivity index (χ0) is 17.2. The lowest BCUT2D eigenvalue weighted by Crippen LogP contribution is -2.56. The summed E-state index contributed by atoms with van der Waals surface area (Å²) in [5.74, 6) is 0. The summed E-state index contributed by atoms with van der Waals surface area (Å²) in [6.07, 6.45) is 4.50. The third-order valence-corrected chi connectivity index (χ3v) is 4.74. The van der Waals surface area contributed by atoms with Crippen molar-refractivity contribution in [2.24, 2.45) is 0 Å². The van der Waals surface area contributed by atoms with Crippen LogP contribution in [0.5, 0.6) is 0 Å². The van der Waals surface area contributed by atoms with Crippen LogP contribution in [0.25, 0.3) is 0 Å². The van der Waals surface area contributed by atoms with Gasteiger partial charge in [-0.25, -0.2) is 4.79 Å². The molecule has 2 aliphatic rings. The van der Waals surface area contributed by atoms with Crippen molar-refractivity contribution in [3.8, 4) is 0 Å². The molecule has 0 bridgehead atoms. The van der Waals surface area contributed by atoms with Gasteiger partial charge in [-0.1, -0.05) is 20.8 Å². The Morgan fingerprint density at radius 1 is 1.42 bits per heavy atom. The smallest absolute Gasteiger partial charge is 0.317 e. The normalized spacial score (nSPS) is 24.4. The molecule has 1 atom stereocenters. The zero-order valence-electron chi connectivity index (χ0n) is 14.8. The Morgan fingerprint density at radius 2 is 2.25 bits per heavy atom. The molecule has 132 valence electrons. The highest BCUT2D eigenvalue weighted by molar-refractivity contribution is 5.74. The van der Waals surface area contributed by atoms with Gasteiger partial charge in [0.05, 0.1) is 19.8 Å². The zero-order valence-corrected chi connectivity index (χ0v) is 14.8. The van der Waals surface area contributed by atoms with Gasteiger partial charge in [-0.2, -0.15) is 0 Å². The molecule has 2 aliphatic heterocycles. The number of carbonyl (C=O) groups excluding carboxylic acids is 1. The minimum absolute atomic E-state index is 0.0210. The maximum atomic E-state index is 12.6. The number of hydrogen-bond donors (Lipinski definition) is 1. The maximum absolute atomic E-state index is 12.6. The molecule has 0 aromatic carbocycles. The van der Waals surface area contributed by atoms with Crippen LogP contribution < -0.4 is 5.32 Å². The molecule has 1 aromatic rings. The van der Waals surface area contributed by atoms with Crippen LogP contribution in [0.2, 0.25) is 0 Å². The molecule has 6 nitrogen and oxygen atoms in total. The fraction of sp³-hybridized carbons (Fsp3) is 0.667. The van der Waals surface area contributed by atoms with E-state index in [2.05, 4.69) is 31.1 Å². The summed E-state index contributed by atoms with van der Waals surface area (Å²) in [7, 11) is 0. The number of aromatic nitrogens is 1. The minimum atomic E-state index is -0.305. The maximum Gasteiger partial charge on any atom is 0.317 e. The first-order valence-corrected chi connectivity index (χ1v) is 8.58. The molecule has 0 saturated carbocycles. The minimum Gasteiger partial charge on any atom is -0.378 e. The molecule has 6 heteroatoms. The van der Waals surface area contributed by atoms with Crippen LogP contribution in [0.4, 0.5) is 4.79 Å². The van der Waals surface area contributed by atoms with E-state index in [0.29, 0.717) is 39.5 Å². The van der Waals surface area contributed by atoms with Crippen molar-refractivity contribution in [3.05, 3.63) is 29.6 Å². The summed E-state index contributed by atoms with van der Waals surface area (Å²) in [4.78, 5) is 18.6. The van der Waals surface area contributed by atoms with Gasteiger partial charge < -0.3 is 19.7 Å². The van der Waals surface area contributed by atoms with E-state index in [1.165, 1.54) is 5.56 Å². The number of hydrogen-bond acceptors (Lipinski definition) is 4. The second-order valence-electron chi connectivity index (χ2n) is 7.70. The van der Waals surface area contributed by atoms with Crippen molar-refractivity contribution in [2.45, 2.75) is 44.8 Å². The highest BCUT2D eigenvalue weighted by Crippen LogP contribution is 2.28. The molecule has 0 aliphatic carbocycles. The highest BCUT2D eigenvalue weighted by atomic mass is 16.6. The molecule has 0 radical (unpaired) electrons. The van der Waals surface area contributed by atoms with E-state index in [9.17, 15) is 4.79 Å². The van der Waals surface area contributed by atoms with Crippen molar-refractivity contribution in [2.75, 3.05) is 32.9 Å². The van der Waals surface area contributed by atoms with Gasteiger partial charge >= 0.3 is 6.03 Å². The number of ether oxygens (including phenoxy) is 2. The summed E-state index contributed by atoms with van der Waals surface area (Å²) < 4.78 is 11.3. The van der Waals surface area contributed by atoms with Gasteiger partial charge in [-0.05, 0) is 22.6 Å². The summed E-state index contributed by atoms with van der Waals surface area (Å²) in [6, 6.07) is 1.98. The molecule has 24 heavy (non-hydrogen) atoms. The Kier molecular flexibility index (Phi) is 4.78. The standard InChI is InChI=1S/C18H27N3O3/c1-17(2,3)15-4-6-19-10-14(15)11-20-16(22)21-7-9-24-18(12-21)5-8-23-13-18/h4,6,10H,5,7-9,11-13H2,1-3H3,(H,20,22). The van der Waals surface area contributed by atoms with Crippen molar-refractivity contribution in [1.29, 1.82) is 0 Å². The summed E-state index contributed by atoms with van der Waals surface area (Å²) in [6.45, 7) is 10.0. The molecule has 1 spiro atoms. The van der Waals surface area contributed by atoms with Crippen LogP contribution in [-0.2, 0) is 21.4 Å². The number of amides is 2. The van der Waals surface area contributed by atoms with E-state index in [1.54, 1.807) is 6.20 Å². The van der Waals surface area contributed by atoms with Crippen LogP contribution in [0.3, 0.4) is 0 Å². The molecular weight excluding hydrogens is 306 g/mol. The molecule has 1 N–H and O–H groups in total. The Morgan fingerprint density at radius 3 is 2.96 bits per heavy atom. The van der Waals surface area contributed by atoms with E-state index < -0.39 is 0 Å². The molecule has 2 amide bonds. The number of nitrogens with zero attached hydrogens (tertiary/aromatic N) is 2. The Balaban J connectivity index is 1.62. The fourth-order valence-corrected chi connectivity index (χ4v) is 3.43. The number of nitrogens with one attached hydrogen (secondary N) is 1. The molecule has 2 fully saturated rings. The lowest BCUT2D eigenvalue weighted by Gasteiger charge is -2.39. The topological polar surface area (TPSA) is 63.7 Å². The number of pyridine rings is 1. The van der Waals surface area contributed by atoms with Crippen LogP contribution in [-0.4, -0.2) is 54.4 Å². The number of carbonyl (C=O) groups is 1. The van der Waals surface area contributed by atoms with Gasteiger partial charge in [0.2, 0.25) is 0 Å². The van der Waals surface area contributed by atoms with Gasteiger partial charge in [0.1, 0.15) is 5.60 Å². The monoisotopic (exact) mass is 333 g/mol. The third kappa shape index (κ3) is 3.70. The number of urea groups is 1. The highest BCUT2D eigenvalue weighted by Gasteiger charge is 2.41. The van der Waals surface area contributed by atoms with Gasteiger partial charge in [-0.15, -0.1) is 0 Å². The Bertz CT molecular complexity index is 591.